The molecule has 0 atom stereocenters. The Labute approximate surface area is 148 Å². The summed E-state index contributed by atoms with van der Waals surface area (Å²) in [6.45, 7) is 9.20. The molecule has 6 nitrogen and oxygen atoms in total. The fourth-order valence-corrected chi connectivity index (χ4v) is 2.87. The molecule has 3 heterocycles. The molecule has 1 aliphatic rings. The van der Waals surface area contributed by atoms with E-state index in [1.165, 1.54) is 0 Å². The number of carbonyl (C=O) groups excluding carboxylic acids is 1. The molecule has 1 aliphatic heterocycles. The molecule has 0 radical (unpaired) electrons. The van der Waals surface area contributed by atoms with Gasteiger partial charge < -0.3 is 15.1 Å². The summed E-state index contributed by atoms with van der Waals surface area (Å²) in [6, 6.07) is 9.60. The van der Waals surface area contributed by atoms with Crippen molar-refractivity contribution < 1.29 is 4.79 Å². The highest BCUT2D eigenvalue weighted by Crippen LogP contribution is 2.16. The van der Waals surface area contributed by atoms with Crippen molar-refractivity contribution >= 4 is 17.4 Å². The maximum atomic E-state index is 12.6. The first-order chi connectivity index (χ1) is 11.9. The van der Waals surface area contributed by atoms with E-state index in [4.69, 9.17) is 0 Å². The maximum absolute atomic E-state index is 12.6. The van der Waals surface area contributed by atoms with Crippen molar-refractivity contribution in [3.8, 4) is 0 Å². The van der Waals surface area contributed by atoms with Gasteiger partial charge in [-0.3, -0.25) is 4.79 Å². The Kier molecular flexibility index (Phi) is 4.88. The number of anilines is 2. The molecule has 0 saturated carbocycles. The van der Waals surface area contributed by atoms with Crippen LogP contribution in [0, 0.1) is 0 Å². The molecule has 0 spiro atoms. The van der Waals surface area contributed by atoms with Crippen molar-refractivity contribution in [1.29, 1.82) is 0 Å². The zero-order chi connectivity index (χ0) is 17.9. The first kappa shape index (κ1) is 17.2. The maximum Gasteiger partial charge on any atom is 0.272 e. The van der Waals surface area contributed by atoms with Gasteiger partial charge in [0.05, 0.1) is 11.9 Å². The molecule has 0 unspecified atom stereocenters. The highest BCUT2D eigenvalue weighted by atomic mass is 16.2. The summed E-state index contributed by atoms with van der Waals surface area (Å²) in [7, 11) is 0. The minimum Gasteiger partial charge on any atom is -0.379 e. The molecule has 2 aromatic heterocycles. The van der Waals surface area contributed by atoms with Crippen LogP contribution in [-0.4, -0.2) is 52.5 Å². The normalized spacial score (nSPS) is 15.2. The van der Waals surface area contributed by atoms with Crippen LogP contribution in [0.15, 0.2) is 42.7 Å². The Morgan fingerprint density at radius 2 is 1.80 bits per heavy atom. The summed E-state index contributed by atoms with van der Waals surface area (Å²) >= 11 is 0. The predicted molar refractivity (Wildman–Crippen MR) is 100.0 cm³/mol. The molecule has 25 heavy (non-hydrogen) atoms. The fraction of sp³-hybridized carbons (Fsp3) is 0.421. The van der Waals surface area contributed by atoms with Gasteiger partial charge in [-0.05, 0) is 45.0 Å². The number of carbonyl (C=O) groups is 1. The molecule has 132 valence electrons. The quantitative estimate of drug-likeness (QED) is 0.931. The van der Waals surface area contributed by atoms with Gasteiger partial charge in [-0.25, -0.2) is 9.97 Å². The van der Waals surface area contributed by atoms with Crippen molar-refractivity contribution in [1.82, 2.24) is 14.9 Å². The van der Waals surface area contributed by atoms with Gasteiger partial charge in [0, 0.05) is 37.9 Å². The highest BCUT2D eigenvalue weighted by Gasteiger charge is 2.23. The van der Waals surface area contributed by atoms with Crippen LogP contribution in [-0.2, 0) is 0 Å². The summed E-state index contributed by atoms with van der Waals surface area (Å²) in [4.78, 5) is 25.4. The first-order valence-electron chi connectivity index (χ1n) is 8.62. The third-order valence-electron chi connectivity index (χ3n) is 4.04. The van der Waals surface area contributed by atoms with E-state index in [-0.39, 0.29) is 11.4 Å². The van der Waals surface area contributed by atoms with Crippen LogP contribution in [0.4, 0.5) is 11.5 Å². The molecule has 0 aromatic carbocycles. The van der Waals surface area contributed by atoms with E-state index in [0.717, 1.165) is 24.6 Å². The van der Waals surface area contributed by atoms with Crippen molar-refractivity contribution in [3.05, 3.63) is 48.4 Å². The van der Waals surface area contributed by atoms with E-state index < -0.39 is 0 Å². The standard InChI is InChI=1S/C19H25N5O/c1-19(2,3)22-15-7-8-16(21-14-15)18(25)24-12-10-23(11-13-24)17-6-4-5-9-20-17/h4-9,14,22H,10-13H2,1-3H3. The van der Waals surface area contributed by atoms with E-state index in [0.29, 0.717) is 18.8 Å². The number of rotatable bonds is 3. The van der Waals surface area contributed by atoms with Gasteiger partial charge in [0.25, 0.3) is 5.91 Å². The number of pyridine rings is 2. The largest absolute Gasteiger partial charge is 0.379 e. The summed E-state index contributed by atoms with van der Waals surface area (Å²) in [5.74, 6) is 0.952. The van der Waals surface area contributed by atoms with Gasteiger partial charge >= 0.3 is 0 Å². The van der Waals surface area contributed by atoms with E-state index >= 15 is 0 Å². The Morgan fingerprint density at radius 1 is 1.04 bits per heavy atom. The van der Waals surface area contributed by atoms with Gasteiger partial charge in [-0.2, -0.15) is 0 Å². The summed E-state index contributed by atoms with van der Waals surface area (Å²) in [6.07, 6.45) is 3.52. The van der Waals surface area contributed by atoms with Crippen LogP contribution < -0.4 is 10.2 Å². The number of aromatic nitrogens is 2. The average molecular weight is 339 g/mol. The molecule has 6 heteroatoms. The van der Waals surface area contributed by atoms with Crippen LogP contribution in [0.5, 0.6) is 0 Å². The zero-order valence-electron chi connectivity index (χ0n) is 15.1. The minimum atomic E-state index is -0.0327. The van der Waals surface area contributed by atoms with E-state index in [1.807, 2.05) is 29.2 Å². The number of hydrogen-bond donors (Lipinski definition) is 1. The van der Waals surface area contributed by atoms with Crippen molar-refractivity contribution in [2.24, 2.45) is 0 Å². The average Bonchev–Trinajstić information content (AvgIpc) is 2.61. The van der Waals surface area contributed by atoms with Crippen molar-refractivity contribution in [3.63, 3.8) is 0 Å². The Morgan fingerprint density at radius 3 is 2.36 bits per heavy atom. The lowest BCUT2D eigenvalue weighted by Gasteiger charge is -2.35. The van der Waals surface area contributed by atoms with Gasteiger partial charge in [0.15, 0.2) is 0 Å². The van der Waals surface area contributed by atoms with Crippen molar-refractivity contribution in [2.45, 2.75) is 26.3 Å². The van der Waals surface area contributed by atoms with Gasteiger partial charge in [0.1, 0.15) is 11.5 Å². The molecule has 1 N–H and O–H groups in total. The second kappa shape index (κ2) is 7.09. The molecule has 2 aromatic rings. The number of piperazine rings is 1. The van der Waals surface area contributed by atoms with Crippen LogP contribution in [0.3, 0.4) is 0 Å². The summed E-state index contributed by atoms with van der Waals surface area (Å²) in [5, 5.41) is 3.35. The van der Waals surface area contributed by atoms with Gasteiger partial charge in [0.2, 0.25) is 0 Å². The number of hydrogen-bond acceptors (Lipinski definition) is 5. The van der Waals surface area contributed by atoms with Crippen LogP contribution in [0.1, 0.15) is 31.3 Å². The predicted octanol–water partition coefficient (Wildman–Crippen LogP) is 2.65. The summed E-state index contributed by atoms with van der Waals surface area (Å²) < 4.78 is 0. The van der Waals surface area contributed by atoms with E-state index in [9.17, 15) is 4.79 Å². The molecule has 1 fully saturated rings. The van der Waals surface area contributed by atoms with Gasteiger partial charge in [-0.15, -0.1) is 0 Å². The number of nitrogens with zero attached hydrogens (tertiary/aromatic N) is 4. The lowest BCUT2D eigenvalue weighted by Crippen LogP contribution is -2.49. The molecule has 3 rings (SSSR count). The Balaban J connectivity index is 1.59. The Bertz CT molecular complexity index is 701. The zero-order valence-corrected chi connectivity index (χ0v) is 15.1. The van der Waals surface area contributed by atoms with Gasteiger partial charge in [-0.1, -0.05) is 6.07 Å². The number of amides is 1. The third kappa shape index (κ3) is 4.47. The van der Waals surface area contributed by atoms with Crippen LogP contribution in [0.25, 0.3) is 0 Å². The lowest BCUT2D eigenvalue weighted by atomic mass is 10.1. The molecule has 1 saturated heterocycles. The lowest BCUT2D eigenvalue weighted by molar-refractivity contribution is 0.0740. The SMILES string of the molecule is CC(C)(C)Nc1ccc(C(=O)N2CCN(c3ccccn3)CC2)nc1. The Hall–Kier alpha value is -2.63. The second-order valence-corrected chi connectivity index (χ2v) is 7.27. The summed E-state index contributed by atoms with van der Waals surface area (Å²) in [5.41, 5.74) is 1.38. The molecule has 0 aliphatic carbocycles. The topological polar surface area (TPSA) is 61.4 Å². The van der Waals surface area contributed by atoms with Crippen LogP contribution in [0.2, 0.25) is 0 Å². The molecular formula is C19H25N5O. The molecule has 0 bridgehead atoms. The second-order valence-electron chi connectivity index (χ2n) is 7.27. The van der Waals surface area contributed by atoms with E-state index in [2.05, 4.69) is 41.0 Å². The smallest absolute Gasteiger partial charge is 0.272 e. The molecular weight excluding hydrogens is 314 g/mol. The van der Waals surface area contributed by atoms with E-state index in [1.54, 1.807) is 18.5 Å². The first-order valence-corrected chi connectivity index (χ1v) is 8.62. The monoisotopic (exact) mass is 339 g/mol. The van der Waals surface area contributed by atoms with Crippen LogP contribution >= 0.6 is 0 Å². The number of nitrogens with one attached hydrogen (secondary N) is 1. The highest BCUT2D eigenvalue weighted by molar-refractivity contribution is 5.92. The minimum absolute atomic E-state index is 0.0111. The molecule has 1 amide bonds. The fourth-order valence-electron chi connectivity index (χ4n) is 2.87. The van der Waals surface area contributed by atoms with Crippen molar-refractivity contribution in [2.75, 3.05) is 36.4 Å². The third-order valence-corrected chi connectivity index (χ3v) is 4.04.